The largest absolute Gasteiger partial charge is 0.467 e. The molecule has 0 aliphatic rings. The fourth-order valence-electron chi connectivity index (χ4n) is 0.303. The summed E-state index contributed by atoms with van der Waals surface area (Å²) in [6.45, 7) is -1.49. The van der Waals surface area contributed by atoms with Crippen molar-refractivity contribution < 1.29 is 23.1 Å². The Morgan fingerprint density at radius 3 is 2.40 bits per heavy atom. The van der Waals surface area contributed by atoms with Gasteiger partial charge in [-0.2, -0.15) is 0 Å². The first kappa shape index (κ1) is 9.00. The second-order valence-electron chi connectivity index (χ2n) is 1.49. The summed E-state index contributed by atoms with van der Waals surface area (Å²) >= 11 is 0. The fraction of sp³-hybridized carbons (Fsp3) is 0.600. The molecular weight excluding hydrogens is 146 g/mol. The SMILES string of the molecule is COC(=O)C(F)C(=O)CF. The number of ketones is 1. The minimum absolute atomic E-state index is 0.917. The van der Waals surface area contributed by atoms with Gasteiger partial charge in [-0.15, -0.1) is 0 Å². The van der Waals surface area contributed by atoms with Crippen molar-refractivity contribution in [1.82, 2.24) is 0 Å². The van der Waals surface area contributed by atoms with E-state index in [-0.39, 0.29) is 0 Å². The van der Waals surface area contributed by atoms with Gasteiger partial charge in [-0.05, 0) is 0 Å². The lowest BCUT2D eigenvalue weighted by atomic mass is 10.3. The molecule has 0 aromatic rings. The van der Waals surface area contributed by atoms with Gasteiger partial charge in [0, 0.05) is 0 Å². The molecule has 10 heavy (non-hydrogen) atoms. The lowest BCUT2D eigenvalue weighted by molar-refractivity contribution is -0.150. The first-order chi connectivity index (χ1) is 4.63. The van der Waals surface area contributed by atoms with Gasteiger partial charge in [-0.3, -0.25) is 4.79 Å². The van der Waals surface area contributed by atoms with Crippen LogP contribution in [0.4, 0.5) is 8.78 Å². The lowest BCUT2D eigenvalue weighted by Gasteiger charge is -2.00. The van der Waals surface area contributed by atoms with Crippen molar-refractivity contribution in [2.45, 2.75) is 6.17 Å². The lowest BCUT2D eigenvalue weighted by Crippen LogP contribution is -2.27. The molecule has 0 heterocycles. The van der Waals surface area contributed by atoms with Crippen LogP contribution in [-0.2, 0) is 14.3 Å². The Labute approximate surface area is 56.0 Å². The molecule has 0 saturated heterocycles. The molecule has 0 aromatic carbocycles. The zero-order valence-corrected chi connectivity index (χ0v) is 5.27. The van der Waals surface area contributed by atoms with Crippen LogP contribution in [0.3, 0.4) is 0 Å². The van der Waals surface area contributed by atoms with Gasteiger partial charge in [0.25, 0.3) is 6.17 Å². The van der Waals surface area contributed by atoms with Crippen LogP contribution in [0.5, 0.6) is 0 Å². The summed E-state index contributed by atoms with van der Waals surface area (Å²) < 4.78 is 27.3. The Hall–Kier alpha value is -1.00. The first-order valence-electron chi connectivity index (χ1n) is 2.44. The number of hydrogen-bond donors (Lipinski definition) is 0. The molecule has 5 heteroatoms. The van der Waals surface area contributed by atoms with Gasteiger partial charge in [0.1, 0.15) is 0 Å². The minimum atomic E-state index is -2.48. The first-order valence-corrected chi connectivity index (χ1v) is 2.44. The Bertz CT molecular complexity index is 130. The monoisotopic (exact) mass is 152 g/mol. The van der Waals surface area contributed by atoms with Crippen LogP contribution in [-0.4, -0.2) is 31.7 Å². The highest BCUT2D eigenvalue weighted by Crippen LogP contribution is 1.95. The Morgan fingerprint density at radius 2 is 2.10 bits per heavy atom. The molecule has 0 aliphatic carbocycles. The summed E-state index contributed by atoms with van der Waals surface area (Å²) in [5.74, 6) is -2.77. The number of carbonyl (C=O) groups is 2. The summed E-state index contributed by atoms with van der Waals surface area (Å²) in [5, 5.41) is 0. The van der Waals surface area contributed by atoms with Crippen LogP contribution in [0.2, 0.25) is 0 Å². The van der Waals surface area contributed by atoms with E-state index in [1.54, 1.807) is 0 Å². The summed E-state index contributed by atoms with van der Waals surface area (Å²) in [4.78, 5) is 20.2. The van der Waals surface area contributed by atoms with Crippen molar-refractivity contribution in [3.63, 3.8) is 0 Å². The number of methoxy groups -OCH3 is 1. The summed E-state index contributed by atoms with van der Waals surface area (Å²) in [5.41, 5.74) is 0. The zero-order chi connectivity index (χ0) is 8.15. The van der Waals surface area contributed by atoms with Gasteiger partial charge in [-0.25, -0.2) is 13.6 Å². The van der Waals surface area contributed by atoms with Crippen LogP contribution in [0.25, 0.3) is 0 Å². The predicted octanol–water partition coefficient (Wildman–Crippen LogP) is 0.0361. The molecule has 0 radical (unpaired) electrons. The standard InChI is InChI=1S/C5H6F2O3/c1-10-5(9)4(7)3(8)2-6/h4H,2H2,1H3. The van der Waals surface area contributed by atoms with Crippen molar-refractivity contribution >= 4 is 11.8 Å². The number of halogens is 2. The molecule has 3 nitrogen and oxygen atoms in total. The van der Waals surface area contributed by atoms with E-state index in [4.69, 9.17) is 0 Å². The molecule has 0 fully saturated rings. The number of hydrogen-bond acceptors (Lipinski definition) is 3. The van der Waals surface area contributed by atoms with Crippen LogP contribution < -0.4 is 0 Å². The van der Waals surface area contributed by atoms with Crippen LogP contribution in [0.15, 0.2) is 0 Å². The molecule has 1 atom stereocenters. The number of rotatable bonds is 3. The van der Waals surface area contributed by atoms with Gasteiger partial charge in [-0.1, -0.05) is 0 Å². The summed E-state index contributed by atoms with van der Waals surface area (Å²) in [6, 6.07) is 0. The highest BCUT2D eigenvalue weighted by Gasteiger charge is 2.25. The van der Waals surface area contributed by atoms with E-state index in [1.165, 1.54) is 0 Å². The van der Waals surface area contributed by atoms with Crippen molar-refractivity contribution in [3.8, 4) is 0 Å². The normalized spacial score (nSPS) is 12.3. The topological polar surface area (TPSA) is 43.4 Å². The van der Waals surface area contributed by atoms with E-state index in [0.29, 0.717) is 0 Å². The molecule has 0 aliphatic heterocycles. The molecule has 0 spiro atoms. The molecule has 1 unspecified atom stereocenters. The minimum Gasteiger partial charge on any atom is -0.467 e. The molecule has 0 N–H and O–H groups in total. The molecule has 0 saturated carbocycles. The average molecular weight is 152 g/mol. The van der Waals surface area contributed by atoms with E-state index < -0.39 is 24.6 Å². The van der Waals surface area contributed by atoms with E-state index >= 15 is 0 Å². The molecule has 0 bridgehead atoms. The van der Waals surface area contributed by atoms with Gasteiger partial charge < -0.3 is 4.74 Å². The Morgan fingerprint density at radius 1 is 1.60 bits per heavy atom. The number of ether oxygens (including phenoxy) is 1. The maximum absolute atomic E-state index is 12.1. The number of Topliss-reactive ketones (excluding diaryl/α,β-unsaturated/α-hetero) is 1. The molecular formula is C5H6F2O3. The van der Waals surface area contributed by atoms with Gasteiger partial charge in [0.15, 0.2) is 6.67 Å². The third-order valence-electron chi connectivity index (χ3n) is 0.823. The Kier molecular flexibility index (Phi) is 3.53. The second kappa shape index (κ2) is 3.92. The number of carbonyl (C=O) groups excluding carboxylic acids is 2. The summed E-state index contributed by atoms with van der Waals surface area (Å²) in [6.07, 6.45) is -2.48. The maximum atomic E-state index is 12.1. The zero-order valence-electron chi connectivity index (χ0n) is 5.27. The average Bonchev–Trinajstić information content (AvgIpc) is 2.00. The number of esters is 1. The maximum Gasteiger partial charge on any atom is 0.348 e. The molecule has 0 amide bonds. The number of alkyl halides is 2. The smallest absolute Gasteiger partial charge is 0.348 e. The van der Waals surface area contributed by atoms with Crippen molar-refractivity contribution in [3.05, 3.63) is 0 Å². The van der Waals surface area contributed by atoms with Crippen molar-refractivity contribution in [2.24, 2.45) is 0 Å². The van der Waals surface area contributed by atoms with Crippen LogP contribution in [0, 0.1) is 0 Å². The fourth-order valence-corrected chi connectivity index (χ4v) is 0.303. The quantitative estimate of drug-likeness (QED) is 0.423. The van der Waals surface area contributed by atoms with Crippen LogP contribution in [0.1, 0.15) is 0 Å². The molecule has 58 valence electrons. The van der Waals surface area contributed by atoms with Crippen LogP contribution >= 0.6 is 0 Å². The van der Waals surface area contributed by atoms with E-state index in [1.807, 2.05) is 0 Å². The van der Waals surface area contributed by atoms with E-state index in [0.717, 1.165) is 7.11 Å². The van der Waals surface area contributed by atoms with E-state index in [9.17, 15) is 18.4 Å². The van der Waals surface area contributed by atoms with Gasteiger partial charge in [0.2, 0.25) is 5.78 Å². The predicted molar refractivity (Wildman–Crippen MR) is 27.9 cm³/mol. The highest BCUT2D eigenvalue weighted by molar-refractivity contribution is 6.02. The third-order valence-corrected chi connectivity index (χ3v) is 0.823. The van der Waals surface area contributed by atoms with Gasteiger partial charge in [0.05, 0.1) is 7.11 Å². The highest BCUT2D eigenvalue weighted by atomic mass is 19.1. The van der Waals surface area contributed by atoms with E-state index in [2.05, 4.69) is 4.74 Å². The van der Waals surface area contributed by atoms with Crippen molar-refractivity contribution in [2.75, 3.05) is 13.8 Å². The summed E-state index contributed by atoms with van der Waals surface area (Å²) in [7, 11) is 0.917. The second-order valence-corrected chi connectivity index (χ2v) is 1.49. The molecule has 0 aromatic heterocycles. The third kappa shape index (κ3) is 2.08. The van der Waals surface area contributed by atoms with Gasteiger partial charge >= 0.3 is 5.97 Å². The Balaban J connectivity index is 3.94. The molecule has 0 rings (SSSR count). The van der Waals surface area contributed by atoms with Crippen molar-refractivity contribution in [1.29, 1.82) is 0 Å².